The summed E-state index contributed by atoms with van der Waals surface area (Å²) >= 11 is 1.85. The zero-order valence-electron chi connectivity index (χ0n) is 12.0. The molecule has 1 aromatic rings. The molecule has 1 aromatic carbocycles. The Morgan fingerprint density at radius 3 is 2.60 bits per heavy atom. The third-order valence-corrected chi connectivity index (χ3v) is 4.53. The van der Waals surface area contributed by atoms with Gasteiger partial charge in [0.25, 0.3) is 0 Å². The van der Waals surface area contributed by atoms with Crippen molar-refractivity contribution in [1.29, 1.82) is 0 Å². The first-order chi connectivity index (χ1) is 9.86. The van der Waals surface area contributed by atoms with Gasteiger partial charge in [-0.25, -0.2) is 0 Å². The Balaban J connectivity index is 1.50. The number of nitrogens with zero attached hydrogens (tertiary/aromatic N) is 1. The van der Waals surface area contributed by atoms with Gasteiger partial charge in [0, 0.05) is 43.2 Å². The maximum Gasteiger partial charge on any atom is 0.223 e. The van der Waals surface area contributed by atoms with Gasteiger partial charge in [-0.2, -0.15) is 0 Å². The fourth-order valence-electron chi connectivity index (χ4n) is 2.38. The predicted molar refractivity (Wildman–Crippen MR) is 85.1 cm³/mol. The number of nitrogens with one attached hydrogen (secondary N) is 1. The highest BCUT2D eigenvalue weighted by molar-refractivity contribution is 7.99. The van der Waals surface area contributed by atoms with Crippen LogP contribution in [0.15, 0.2) is 35.2 Å². The van der Waals surface area contributed by atoms with Crippen LogP contribution in [0.4, 0.5) is 0 Å². The summed E-state index contributed by atoms with van der Waals surface area (Å²) in [7, 11) is 0. The Bertz CT molecular complexity index is 391. The molecule has 1 aliphatic heterocycles. The van der Waals surface area contributed by atoms with Gasteiger partial charge >= 0.3 is 0 Å². The SMILES string of the molecule is O=C(CCNCCSc1ccccc1)N1CCCCC1. The number of hydrogen-bond acceptors (Lipinski definition) is 3. The second-order valence-electron chi connectivity index (χ2n) is 5.10. The minimum absolute atomic E-state index is 0.313. The van der Waals surface area contributed by atoms with Crippen LogP contribution in [-0.2, 0) is 4.79 Å². The summed E-state index contributed by atoms with van der Waals surface area (Å²) in [5.74, 6) is 1.36. The van der Waals surface area contributed by atoms with Crippen LogP contribution in [0, 0.1) is 0 Å². The largest absolute Gasteiger partial charge is 0.343 e. The molecule has 110 valence electrons. The van der Waals surface area contributed by atoms with Gasteiger partial charge in [-0.15, -0.1) is 11.8 Å². The molecule has 4 heteroatoms. The minimum Gasteiger partial charge on any atom is -0.343 e. The van der Waals surface area contributed by atoms with E-state index >= 15 is 0 Å². The quantitative estimate of drug-likeness (QED) is 0.619. The molecular formula is C16H24N2OS. The molecule has 1 saturated heterocycles. The number of carbonyl (C=O) groups excluding carboxylic acids is 1. The van der Waals surface area contributed by atoms with E-state index in [1.165, 1.54) is 24.2 Å². The number of piperidine rings is 1. The summed E-state index contributed by atoms with van der Waals surface area (Å²) in [5.41, 5.74) is 0. The molecule has 1 aliphatic rings. The van der Waals surface area contributed by atoms with Crippen molar-refractivity contribution in [3.63, 3.8) is 0 Å². The number of amides is 1. The van der Waals surface area contributed by atoms with Gasteiger partial charge in [-0.3, -0.25) is 4.79 Å². The van der Waals surface area contributed by atoms with Crippen LogP contribution in [0.1, 0.15) is 25.7 Å². The maximum absolute atomic E-state index is 11.9. The third kappa shape index (κ3) is 5.55. The van der Waals surface area contributed by atoms with Crippen molar-refractivity contribution in [2.45, 2.75) is 30.6 Å². The average molecular weight is 292 g/mol. The standard InChI is InChI=1S/C16H24N2OS/c19-16(18-12-5-2-6-13-18)9-10-17-11-14-20-15-7-3-1-4-8-15/h1,3-4,7-8,17H,2,5-6,9-14H2. The summed E-state index contributed by atoms with van der Waals surface area (Å²) < 4.78 is 0. The van der Waals surface area contributed by atoms with Crippen LogP contribution in [-0.4, -0.2) is 42.7 Å². The van der Waals surface area contributed by atoms with Gasteiger partial charge in [-0.1, -0.05) is 18.2 Å². The van der Waals surface area contributed by atoms with E-state index in [2.05, 4.69) is 29.6 Å². The van der Waals surface area contributed by atoms with Crippen LogP contribution in [0.2, 0.25) is 0 Å². The topological polar surface area (TPSA) is 32.3 Å². The third-order valence-electron chi connectivity index (χ3n) is 3.52. The number of carbonyl (C=O) groups is 1. The van der Waals surface area contributed by atoms with Crippen molar-refractivity contribution in [3.05, 3.63) is 30.3 Å². The molecule has 0 radical (unpaired) electrons. The monoisotopic (exact) mass is 292 g/mol. The van der Waals surface area contributed by atoms with Gasteiger partial charge < -0.3 is 10.2 Å². The Morgan fingerprint density at radius 2 is 1.85 bits per heavy atom. The number of likely N-dealkylation sites (tertiary alicyclic amines) is 1. The normalized spacial score (nSPS) is 15.3. The molecule has 0 spiro atoms. The van der Waals surface area contributed by atoms with E-state index in [-0.39, 0.29) is 0 Å². The first kappa shape index (κ1) is 15.4. The van der Waals surface area contributed by atoms with E-state index in [0.717, 1.165) is 31.9 Å². The summed E-state index contributed by atoms with van der Waals surface area (Å²) in [6.45, 7) is 3.67. The summed E-state index contributed by atoms with van der Waals surface area (Å²) in [5, 5.41) is 3.36. The summed E-state index contributed by atoms with van der Waals surface area (Å²) in [6.07, 6.45) is 4.26. The average Bonchev–Trinajstić information content (AvgIpc) is 2.52. The van der Waals surface area contributed by atoms with Gasteiger partial charge in [0.2, 0.25) is 5.91 Å². The Labute approximate surface area is 126 Å². The molecule has 1 heterocycles. The van der Waals surface area contributed by atoms with Crippen molar-refractivity contribution in [3.8, 4) is 0 Å². The molecule has 2 rings (SSSR count). The van der Waals surface area contributed by atoms with E-state index in [0.29, 0.717) is 12.3 Å². The lowest BCUT2D eigenvalue weighted by molar-refractivity contribution is -0.131. The maximum atomic E-state index is 11.9. The highest BCUT2D eigenvalue weighted by Gasteiger charge is 2.15. The van der Waals surface area contributed by atoms with Crippen molar-refractivity contribution in [2.24, 2.45) is 0 Å². The first-order valence-corrected chi connectivity index (χ1v) is 8.51. The van der Waals surface area contributed by atoms with Gasteiger partial charge in [0.15, 0.2) is 0 Å². The molecule has 0 unspecified atom stereocenters. The number of benzene rings is 1. The Kier molecular flexibility index (Phi) is 6.95. The van der Waals surface area contributed by atoms with Crippen LogP contribution >= 0.6 is 11.8 Å². The van der Waals surface area contributed by atoms with E-state index in [4.69, 9.17) is 0 Å². The summed E-state index contributed by atoms with van der Waals surface area (Å²) in [4.78, 5) is 15.3. The van der Waals surface area contributed by atoms with Gasteiger partial charge in [-0.05, 0) is 31.4 Å². The van der Waals surface area contributed by atoms with Crippen LogP contribution < -0.4 is 5.32 Å². The van der Waals surface area contributed by atoms with Gasteiger partial charge in [0.1, 0.15) is 0 Å². The van der Waals surface area contributed by atoms with E-state index in [1.807, 2.05) is 22.7 Å². The Morgan fingerprint density at radius 1 is 1.10 bits per heavy atom. The molecule has 0 aromatic heterocycles. The van der Waals surface area contributed by atoms with E-state index in [1.54, 1.807) is 0 Å². The molecule has 1 fully saturated rings. The fraction of sp³-hybridized carbons (Fsp3) is 0.562. The number of hydrogen-bond donors (Lipinski definition) is 1. The molecule has 1 N–H and O–H groups in total. The van der Waals surface area contributed by atoms with Crippen LogP contribution in [0.3, 0.4) is 0 Å². The highest BCUT2D eigenvalue weighted by Crippen LogP contribution is 2.15. The molecule has 3 nitrogen and oxygen atoms in total. The zero-order valence-corrected chi connectivity index (χ0v) is 12.8. The second-order valence-corrected chi connectivity index (χ2v) is 6.27. The number of thioether (sulfide) groups is 1. The molecule has 0 aliphatic carbocycles. The molecule has 0 atom stereocenters. The van der Waals surface area contributed by atoms with Crippen LogP contribution in [0.5, 0.6) is 0 Å². The number of rotatable bonds is 7. The highest BCUT2D eigenvalue weighted by atomic mass is 32.2. The van der Waals surface area contributed by atoms with Gasteiger partial charge in [0.05, 0.1) is 0 Å². The molecule has 0 saturated carbocycles. The predicted octanol–water partition coefficient (Wildman–Crippen LogP) is 2.77. The van der Waals surface area contributed by atoms with E-state index < -0.39 is 0 Å². The lowest BCUT2D eigenvalue weighted by Crippen LogP contribution is -2.37. The van der Waals surface area contributed by atoms with Crippen molar-refractivity contribution < 1.29 is 4.79 Å². The molecule has 0 bridgehead atoms. The van der Waals surface area contributed by atoms with Crippen molar-refractivity contribution in [2.75, 3.05) is 31.9 Å². The minimum atomic E-state index is 0.313. The van der Waals surface area contributed by atoms with Crippen LogP contribution in [0.25, 0.3) is 0 Å². The molecule has 1 amide bonds. The van der Waals surface area contributed by atoms with E-state index in [9.17, 15) is 4.79 Å². The molecule has 20 heavy (non-hydrogen) atoms. The van der Waals surface area contributed by atoms with Crippen molar-refractivity contribution in [1.82, 2.24) is 10.2 Å². The lowest BCUT2D eigenvalue weighted by atomic mass is 10.1. The lowest BCUT2D eigenvalue weighted by Gasteiger charge is -2.26. The second kappa shape index (κ2) is 9.03. The van der Waals surface area contributed by atoms with Crippen molar-refractivity contribution >= 4 is 17.7 Å². The Hall–Kier alpha value is -1.00. The molecular weight excluding hydrogens is 268 g/mol. The first-order valence-electron chi connectivity index (χ1n) is 7.52. The smallest absolute Gasteiger partial charge is 0.223 e. The fourth-order valence-corrected chi connectivity index (χ4v) is 3.21. The summed E-state index contributed by atoms with van der Waals surface area (Å²) in [6, 6.07) is 10.4. The zero-order chi connectivity index (χ0) is 14.0.